The van der Waals surface area contributed by atoms with E-state index in [4.69, 9.17) is 5.73 Å². The fraction of sp³-hybridized carbons (Fsp3) is 0.133. The standard InChI is InChI=1S/C15H16N2O2/c1-10-2-7-13(8-14(10)18)17-15(19)12-5-3-11(9-16)4-6-12/h2-8,18H,9,16H2,1H3,(H,17,19). The zero-order valence-electron chi connectivity index (χ0n) is 10.7. The van der Waals surface area contributed by atoms with Gasteiger partial charge in [0, 0.05) is 23.9 Å². The molecular weight excluding hydrogens is 240 g/mol. The summed E-state index contributed by atoms with van der Waals surface area (Å²) in [5.74, 6) is -0.0527. The Kier molecular flexibility index (Phi) is 3.82. The number of amides is 1. The van der Waals surface area contributed by atoms with Crippen molar-refractivity contribution in [1.82, 2.24) is 0 Å². The predicted octanol–water partition coefficient (Wildman–Crippen LogP) is 2.41. The first-order chi connectivity index (χ1) is 9.10. The molecule has 0 heterocycles. The van der Waals surface area contributed by atoms with E-state index in [9.17, 15) is 9.90 Å². The molecule has 4 heteroatoms. The van der Waals surface area contributed by atoms with Gasteiger partial charge in [-0.3, -0.25) is 4.79 Å². The number of aryl methyl sites for hydroxylation is 1. The Morgan fingerprint density at radius 3 is 2.47 bits per heavy atom. The van der Waals surface area contributed by atoms with Gasteiger partial charge in [-0.1, -0.05) is 18.2 Å². The van der Waals surface area contributed by atoms with Crippen LogP contribution in [0.25, 0.3) is 0 Å². The van der Waals surface area contributed by atoms with Crippen LogP contribution in [0.2, 0.25) is 0 Å². The van der Waals surface area contributed by atoms with Gasteiger partial charge in [0.05, 0.1) is 0 Å². The second-order valence-corrected chi connectivity index (χ2v) is 4.36. The molecule has 4 nitrogen and oxygen atoms in total. The lowest BCUT2D eigenvalue weighted by Crippen LogP contribution is -2.12. The molecule has 2 rings (SSSR count). The van der Waals surface area contributed by atoms with E-state index in [1.54, 1.807) is 31.2 Å². The number of anilines is 1. The third-order valence-electron chi connectivity index (χ3n) is 2.92. The van der Waals surface area contributed by atoms with Crippen LogP contribution >= 0.6 is 0 Å². The predicted molar refractivity (Wildman–Crippen MR) is 75.1 cm³/mol. The minimum Gasteiger partial charge on any atom is -0.508 e. The molecule has 0 fully saturated rings. The SMILES string of the molecule is Cc1ccc(NC(=O)c2ccc(CN)cc2)cc1O. The van der Waals surface area contributed by atoms with Crippen LogP contribution in [0.4, 0.5) is 5.69 Å². The Morgan fingerprint density at radius 1 is 1.21 bits per heavy atom. The first-order valence-corrected chi connectivity index (χ1v) is 6.00. The maximum atomic E-state index is 12.0. The van der Waals surface area contributed by atoms with Gasteiger partial charge in [-0.25, -0.2) is 0 Å². The van der Waals surface area contributed by atoms with Gasteiger partial charge in [-0.2, -0.15) is 0 Å². The van der Waals surface area contributed by atoms with Crippen molar-refractivity contribution >= 4 is 11.6 Å². The lowest BCUT2D eigenvalue weighted by Gasteiger charge is -2.07. The van der Waals surface area contributed by atoms with Crippen molar-refractivity contribution in [2.24, 2.45) is 5.73 Å². The highest BCUT2D eigenvalue weighted by Gasteiger charge is 2.07. The number of nitrogens with two attached hydrogens (primary N) is 1. The van der Waals surface area contributed by atoms with Crippen LogP contribution in [0.1, 0.15) is 21.5 Å². The van der Waals surface area contributed by atoms with E-state index in [0.29, 0.717) is 17.8 Å². The first kappa shape index (κ1) is 13.1. The van der Waals surface area contributed by atoms with Gasteiger partial charge in [0.1, 0.15) is 5.75 Å². The number of phenolic OH excluding ortho intramolecular Hbond substituents is 1. The smallest absolute Gasteiger partial charge is 0.255 e. The molecule has 4 N–H and O–H groups in total. The second kappa shape index (κ2) is 5.54. The van der Waals surface area contributed by atoms with E-state index < -0.39 is 0 Å². The molecule has 0 atom stereocenters. The van der Waals surface area contributed by atoms with Crippen LogP contribution in [0.3, 0.4) is 0 Å². The largest absolute Gasteiger partial charge is 0.508 e. The van der Waals surface area contributed by atoms with Crippen molar-refractivity contribution in [2.75, 3.05) is 5.32 Å². The van der Waals surface area contributed by atoms with Crippen LogP contribution in [-0.4, -0.2) is 11.0 Å². The monoisotopic (exact) mass is 256 g/mol. The van der Waals surface area contributed by atoms with Crippen molar-refractivity contribution in [3.05, 3.63) is 59.2 Å². The number of aromatic hydroxyl groups is 1. The minimum atomic E-state index is -0.216. The third-order valence-corrected chi connectivity index (χ3v) is 2.92. The average molecular weight is 256 g/mol. The number of carbonyl (C=O) groups excluding carboxylic acids is 1. The van der Waals surface area contributed by atoms with E-state index in [1.807, 2.05) is 12.1 Å². The van der Waals surface area contributed by atoms with Gasteiger partial charge in [0.15, 0.2) is 0 Å². The molecule has 2 aromatic carbocycles. The van der Waals surface area contributed by atoms with Crippen molar-refractivity contribution in [3.63, 3.8) is 0 Å². The molecule has 19 heavy (non-hydrogen) atoms. The van der Waals surface area contributed by atoms with Crippen LogP contribution < -0.4 is 11.1 Å². The summed E-state index contributed by atoms with van der Waals surface area (Å²) in [5.41, 5.74) is 8.37. The highest BCUT2D eigenvalue weighted by Crippen LogP contribution is 2.21. The number of hydrogen-bond acceptors (Lipinski definition) is 3. The summed E-state index contributed by atoms with van der Waals surface area (Å²) in [5, 5.41) is 12.3. The molecule has 0 unspecified atom stereocenters. The number of carbonyl (C=O) groups is 1. The molecule has 0 aliphatic rings. The maximum absolute atomic E-state index is 12.0. The molecule has 2 aromatic rings. The highest BCUT2D eigenvalue weighted by molar-refractivity contribution is 6.04. The summed E-state index contributed by atoms with van der Waals surface area (Å²) < 4.78 is 0. The Morgan fingerprint density at radius 2 is 1.89 bits per heavy atom. The quantitative estimate of drug-likeness (QED) is 0.789. The van der Waals surface area contributed by atoms with E-state index in [2.05, 4.69) is 5.32 Å². The van der Waals surface area contributed by atoms with Crippen molar-refractivity contribution in [2.45, 2.75) is 13.5 Å². The fourth-order valence-electron chi connectivity index (χ4n) is 1.68. The molecule has 98 valence electrons. The number of benzene rings is 2. The molecule has 0 bridgehead atoms. The van der Waals surface area contributed by atoms with Crippen LogP contribution in [0, 0.1) is 6.92 Å². The topological polar surface area (TPSA) is 75.4 Å². The zero-order chi connectivity index (χ0) is 13.8. The Balaban J connectivity index is 2.13. The maximum Gasteiger partial charge on any atom is 0.255 e. The van der Waals surface area contributed by atoms with E-state index >= 15 is 0 Å². The first-order valence-electron chi connectivity index (χ1n) is 6.00. The summed E-state index contributed by atoms with van der Waals surface area (Å²) in [6, 6.07) is 12.1. The lowest BCUT2D eigenvalue weighted by molar-refractivity contribution is 0.102. The Labute approximate surface area is 111 Å². The van der Waals surface area contributed by atoms with Gasteiger partial charge < -0.3 is 16.2 Å². The average Bonchev–Trinajstić information content (AvgIpc) is 2.43. The molecule has 0 aliphatic heterocycles. The number of hydrogen-bond donors (Lipinski definition) is 3. The second-order valence-electron chi connectivity index (χ2n) is 4.36. The van der Waals surface area contributed by atoms with Crippen LogP contribution in [-0.2, 0) is 6.54 Å². The normalized spacial score (nSPS) is 10.2. The van der Waals surface area contributed by atoms with Gasteiger partial charge in [0.25, 0.3) is 5.91 Å². The number of nitrogens with one attached hydrogen (secondary N) is 1. The van der Waals surface area contributed by atoms with Crippen molar-refractivity contribution in [1.29, 1.82) is 0 Å². The van der Waals surface area contributed by atoms with Gasteiger partial charge in [-0.15, -0.1) is 0 Å². The van der Waals surface area contributed by atoms with Crippen LogP contribution in [0.15, 0.2) is 42.5 Å². The summed E-state index contributed by atoms with van der Waals surface area (Å²) in [4.78, 5) is 12.0. The molecule has 0 saturated heterocycles. The van der Waals surface area contributed by atoms with Gasteiger partial charge >= 0.3 is 0 Å². The molecule has 0 radical (unpaired) electrons. The van der Waals surface area contributed by atoms with Gasteiger partial charge in [-0.05, 0) is 36.2 Å². The van der Waals surface area contributed by atoms with Crippen molar-refractivity contribution < 1.29 is 9.90 Å². The minimum absolute atomic E-state index is 0.163. The zero-order valence-corrected chi connectivity index (χ0v) is 10.7. The van der Waals surface area contributed by atoms with Gasteiger partial charge in [0.2, 0.25) is 0 Å². The number of phenols is 1. The molecule has 0 aromatic heterocycles. The Hall–Kier alpha value is -2.33. The molecule has 0 spiro atoms. The Bertz CT molecular complexity index is 592. The van der Waals surface area contributed by atoms with E-state index in [1.165, 1.54) is 6.07 Å². The summed E-state index contributed by atoms with van der Waals surface area (Å²) in [6.45, 7) is 2.25. The summed E-state index contributed by atoms with van der Waals surface area (Å²) in [6.07, 6.45) is 0. The van der Waals surface area contributed by atoms with Crippen molar-refractivity contribution in [3.8, 4) is 5.75 Å². The molecule has 0 saturated carbocycles. The highest BCUT2D eigenvalue weighted by atomic mass is 16.3. The van der Waals surface area contributed by atoms with E-state index in [0.717, 1.165) is 11.1 Å². The summed E-state index contributed by atoms with van der Waals surface area (Å²) in [7, 11) is 0. The van der Waals surface area contributed by atoms with E-state index in [-0.39, 0.29) is 11.7 Å². The lowest BCUT2D eigenvalue weighted by atomic mass is 10.1. The van der Waals surface area contributed by atoms with Crippen LogP contribution in [0.5, 0.6) is 5.75 Å². The third kappa shape index (κ3) is 3.11. The molecule has 0 aliphatic carbocycles. The summed E-state index contributed by atoms with van der Waals surface area (Å²) >= 11 is 0. The number of rotatable bonds is 3. The molecule has 1 amide bonds. The fourth-order valence-corrected chi connectivity index (χ4v) is 1.68. The molecular formula is C15H16N2O2.